The van der Waals surface area contributed by atoms with Crippen molar-refractivity contribution in [2.75, 3.05) is 0 Å². The molecular formula is C8H6BrN3. The smallest absolute Gasteiger partial charge is 0.0376 e. The van der Waals surface area contributed by atoms with E-state index in [9.17, 15) is 0 Å². The Hall–Kier alpha value is -1.25. The van der Waals surface area contributed by atoms with Crippen LogP contribution in [-0.2, 0) is 0 Å². The Kier molecular flexibility index (Phi) is 2.91. The standard InChI is InChI=1S/C8H6BrN3/c1-6(11-12-10)7-3-2-4-8(9)5-7/h2-5H,1H2. The minimum atomic E-state index is 0.429. The Labute approximate surface area is 78.5 Å². The van der Waals surface area contributed by atoms with Crippen molar-refractivity contribution in [3.05, 3.63) is 51.3 Å². The molecule has 0 aliphatic carbocycles. The molecule has 60 valence electrons. The van der Waals surface area contributed by atoms with Crippen molar-refractivity contribution < 1.29 is 0 Å². The first-order valence-corrected chi connectivity index (χ1v) is 4.03. The van der Waals surface area contributed by atoms with Gasteiger partial charge in [-0.3, -0.25) is 0 Å². The molecule has 12 heavy (non-hydrogen) atoms. The fraction of sp³-hybridized carbons (Fsp3) is 0. The maximum Gasteiger partial charge on any atom is 0.0376 e. The third-order valence-corrected chi connectivity index (χ3v) is 1.82. The molecule has 0 saturated carbocycles. The summed E-state index contributed by atoms with van der Waals surface area (Å²) in [5.41, 5.74) is 9.40. The summed E-state index contributed by atoms with van der Waals surface area (Å²) in [6.07, 6.45) is 0. The zero-order chi connectivity index (χ0) is 8.97. The highest BCUT2D eigenvalue weighted by Gasteiger charge is 1.95. The van der Waals surface area contributed by atoms with Gasteiger partial charge < -0.3 is 0 Å². The van der Waals surface area contributed by atoms with Crippen molar-refractivity contribution in [2.45, 2.75) is 0 Å². The topological polar surface area (TPSA) is 48.8 Å². The van der Waals surface area contributed by atoms with Crippen LogP contribution in [0.2, 0.25) is 0 Å². The van der Waals surface area contributed by atoms with Gasteiger partial charge in [-0.15, -0.1) is 0 Å². The van der Waals surface area contributed by atoms with Crippen LogP contribution in [0, 0.1) is 0 Å². The number of benzene rings is 1. The summed E-state index contributed by atoms with van der Waals surface area (Å²) in [4.78, 5) is 2.65. The van der Waals surface area contributed by atoms with Crippen LogP contribution in [0.3, 0.4) is 0 Å². The number of rotatable bonds is 2. The Morgan fingerprint density at radius 2 is 2.33 bits per heavy atom. The molecule has 0 heterocycles. The van der Waals surface area contributed by atoms with E-state index in [-0.39, 0.29) is 0 Å². The molecular weight excluding hydrogens is 218 g/mol. The number of azide groups is 1. The van der Waals surface area contributed by atoms with Crippen molar-refractivity contribution in [2.24, 2.45) is 5.11 Å². The first kappa shape index (κ1) is 8.84. The van der Waals surface area contributed by atoms with Crippen molar-refractivity contribution >= 4 is 21.6 Å². The SMILES string of the molecule is C=C(N=[N+]=[N-])c1cccc(Br)c1. The molecule has 0 N–H and O–H groups in total. The van der Waals surface area contributed by atoms with Crippen LogP contribution in [-0.4, -0.2) is 0 Å². The highest BCUT2D eigenvalue weighted by molar-refractivity contribution is 9.10. The maximum atomic E-state index is 8.15. The Bertz CT molecular complexity index is 353. The molecule has 0 aromatic heterocycles. The van der Waals surface area contributed by atoms with Crippen molar-refractivity contribution in [3.8, 4) is 0 Å². The quantitative estimate of drug-likeness (QED) is 0.417. The molecule has 0 unspecified atom stereocenters. The molecule has 0 aliphatic rings. The second-order valence-electron chi connectivity index (χ2n) is 2.15. The van der Waals surface area contributed by atoms with Crippen molar-refractivity contribution in [1.82, 2.24) is 0 Å². The van der Waals surface area contributed by atoms with Crippen LogP contribution in [0.4, 0.5) is 0 Å². The average Bonchev–Trinajstić information content (AvgIpc) is 2.05. The Morgan fingerprint density at radius 3 is 2.92 bits per heavy atom. The highest BCUT2D eigenvalue weighted by Crippen LogP contribution is 2.18. The van der Waals surface area contributed by atoms with Crippen molar-refractivity contribution in [1.29, 1.82) is 0 Å². The summed E-state index contributed by atoms with van der Waals surface area (Å²) >= 11 is 3.31. The summed E-state index contributed by atoms with van der Waals surface area (Å²) in [5, 5.41) is 3.40. The van der Waals surface area contributed by atoms with Crippen LogP contribution in [0.5, 0.6) is 0 Å². The van der Waals surface area contributed by atoms with E-state index in [2.05, 4.69) is 32.5 Å². The molecule has 1 rings (SSSR count). The predicted octanol–water partition coefficient (Wildman–Crippen LogP) is 3.73. The van der Waals surface area contributed by atoms with Crippen molar-refractivity contribution in [3.63, 3.8) is 0 Å². The Balaban J connectivity index is 3.03. The third-order valence-electron chi connectivity index (χ3n) is 1.32. The summed E-state index contributed by atoms with van der Waals surface area (Å²) in [6.45, 7) is 3.61. The Morgan fingerprint density at radius 1 is 1.58 bits per heavy atom. The molecule has 0 bridgehead atoms. The summed E-state index contributed by atoms with van der Waals surface area (Å²) in [7, 11) is 0. The molecule has 0 atom stereocenters. The summed E-state index contributed by atoms with van der Waals surface area (Å²) in [6, 6.07) is 7.43. The van der Waals surface area contributed by atoms with Gasteiger partial charge in [0.2, 0.25) is 0 Å². The van der Waals surface area contributed by atoms with Crippen LogP contribution < -0.4 is 0 Å². The first-order chi connectivity index (χ1) is 5.74. The lowest BCUT2D eigenvalue weighted by atomic mass is 10.2. The van der Waals surface area contributed by atoms with Gasteiger partial charge in [-0.05, 0) is 23.2 Å². The van der Waals surface area contributed by atoms with Crippen LogP contribution in [0.25, 0.3) is 16.1 Å². The fourth-order valence-electron chi connectivity index (χ4n) is 0.780. The van der Waals surface area contributed by atoms with Gasteiger partial charge in [0, 0.05) is 15.1 Å². The second kappa shape index (κ2) is 3.95. The molecule has 0 amide bonds. The predicted molar refractivity (Wildman–Crippen MR) is 52.3 cm³/mol. The summed E-state index contributed by atoms with van der Waals surface area (Å²) in [5.74, 6) is 0. The van der Waals surface area contributed by atoms with E-state index in [1.807, 2.05) is 24.3 Å². The van der Waals surface area contributed by atoms with Crippen LogP contribution in [0.15, 0.2) is 40.4 Å². The second-order valence-corrected chi connectivity index (χ2v) is 3.06. The number of nitrogens with zero attached hydrogens (tertiary/aromatic N) is 3. The zero-order valence-electron chi connectivity index (χ0n) is 6.24. The third kappa shape index (κ3) is 2.12. The summed E-state index contributed by atoms with van der Waals surface area (Å²) < 4.78 is 0.939. The van der Waals surface area contributed by atoms with Gasteiger partial charge in [0.25, 0.3) is 0 Å². The number of halogens is 1. The van der Waals surface area contributed by atoms with Gasteiger partial charge in [0.05, 0.1) is 0 Å². The maximum absolute atomic E-state index is 8.15. The molecule has 0 aliphatic heterocycles. The largest absolute Gasteiger partial charge is 0.0889 e. The van der Waals surface area contributed by atoms with Gasteiger partial charge in [0.15, 0.2) is 0 Å². The van der Waals surface area contributed by atoms with E-state index in [0.29, 0.717) is 5.70 Å². The van der Waals surface area contributed by atoms with Gasteiger partial charge in [-0.1, -0.05) is 39.8 Å². The molecule has 0 radical (unpaired) electrons. The van der Waals surface area contributed by atoms with E-state index in [1.54, 1.807) is 0 Å². The van der Waals surface area contributed by atoms with Gasteiger partial charge in [-0.25, -0.2) is 0 Å². The molecule has 3 nitrogen and oxygen atoms in total. The zero-order valence-corrected chi connectivity index (χ0v) is 7.82. The van der Waals surface area contributed by atoms with Crippen LogP contribution in [0.1, 0.15) is 5.56 Å². The molecule has 0 saturated heterocycles. The number of hydrogen-bond acceptors (Lipinski definition) is 1. The van der Waals surface area contributed by atoms with E-state index in [4.69, 9.17) is 5.53 Å². The fourth-order valence-corrected chi connectivity index (χ4v) is 1.18. The minimum absolute atomic E-state index is 0.429. The molecule has 1 aromatic rings. The molecule has 4 heteroatoms. The normalized spacial score (nSPS) is 8.75. The lowest BCUT2D eigenvalue weighted by Crippen LogP contribution is -1.76. The van der Waals surface area contributed by atoms with E-state index >= 15 is 0 Å². The van der Waals surface area contributed by atoms with Gasteiger partial charge in [-0.2, -0.15) is 0 Å². The van der Waals surface area contributed by atoms with E-state index in [1.165, 1.54) is 0 Å². The van der Waals surface area contributed by atoms with Gasteiger partial charge >= 0.3 is 0 Å². The van der Waals surface area contributed by atoms with E-state index in [0.717, 1.165) is 10.0 Å². The monoisotopic (exact) mass is 223 g/mol. The lowest BCUT2D eigenvalue weighted by Gasteiger charge is -1.97. The van der Waals surface area contributed by atoms with Crippen LogP contribution >= 0.6 is 15.9 Å². The molecule has 0 spiro atoms. The molecule has 0 fully saturated rings. The minimum Gasteiger partial charge on any atom is -0.0889 e. The number of hydrogen-bond donors (Lipinski definition) is 0. The first-order valence-electron chi connectivity index (χ1n) is 3.24. The lowest BCUT2D eigenvalue weighted by molar-refractivity contribution is 1.47. The van der Waals surface area contributed by atoms with Gasteiger partial charge in [0.1, 0.15) is 0 Å². The average molecular weight is 224 g/mol. The van der Waals surface area contributed by atoms with E-state index < -0.39 is 0 Å². The highest BCUT2D eigenvalue weighted by atomic mass is 79.9. The molecule has 1 aromatic carbocycles.